The average molecular weight is 379 g/mol. The number of carboxylic acids is 2. The van der Waals surface area contributed by atoms with E-state index < -0.39 is 18.0 Å². The second-order valence-corrected chi connectivity index (χ2v) is 6.56. The van der Waals surface area contributed by atoms with E-state index in [9.17, 15) is 5.11 Å². The summed E-state index contributed by atoms with van der Waals surface area (Å²) in [7, 11) is 0. The Morgan fingerprint density at radius 2 is 1.74 bits per heavy atom. The molecule has 9 heteroatoms. The van der Waals surface area contributed by atoms with Crippen molar-refractivity contribution in [1.29, 1.82) is 5.26 Å². The Kier molecular flexibility index (Phi) is 10.3. The van der Waals surface area contributed by atoms with Crippen LogP contribution in [0.3, 0.4) is 0 Å². The predicted molar refractivity (Wildman–Crippen MR) is 98.4 cm³/mol. The summed E-state index contributed by atoms with van der Waals surface area (Å²) in [5.41, 5.74) is 2.16. The van der Waals surface area contributed by atoms with Crippen molar-refractivity contribution >= 4 is 17.7 Å². The second kappa shape index (κ2) is 11.6. The third-order valence-electron chi connectivity index (χ3n) is 2.95. The number of aliphatic carboxylic acids is 2. The molecular weight excluding hydrogens is 354 g/mol. The van der Waals surface area contributed by atoms with Crippen molar-refractivity contribution in [3.8, 4) is 6.07 Å². The van der Waals surface area contributed by atoms with Crippen LogP contribution in [0.15, 0.2) is 29.4 Å². The monoisotopic (exact) mass is 379 g/mol. The quantitative estimate of drug-likeness (QED) is 0.327. The molecule has 0 fully saturated rings. The molecule has 0 aliphatic carbocycles. The molecule has 1 rings (SSSR count). The van der Waals surface area contributed by atoms with Gasteiger partial charge >= 0.3 is 11.9 Å². The van der Waals surface area contributed by atoms with Gasteiger partial charge in [0.25, 0.3) is 0 Å². The van der Waals surface area contributed by atoms with Gasteiger partial charge in [-0.15, -0.1) is 0 Å². The third kappa shape index (κ3) is 12.1. The average Bonchev–Trinajstić information content (AvgIpc) is 2.59. The van der Waals surface area contributed by atoms with Crippen LogP contribution < -0.4 is 5.32 Å². The highest BCUT2D eigenvalue weighted by atomic mass is 16.6. The number of nitriles is 1. The number of nitrogens with zero attached hydrogens (tertiary/aromatic N) is 2. The highest BCUT2D eigenvalue weighted by molar-refractivity contribution is 6.27. The lowest BCUT2D eigenvalue weighted by atomic mass is 10.1. The zero-order valence-corrected chi connectivity index (χ0v) is 15.8. The van der Waals surface area contributed by atoms with Crippen molar-refractivity contribution in [1.82, 2.24) is 5.32 Å². The number of hydrogen-bond donors (Lipinski definition) is 4. The Labute approximate surface area is 157 Å². The van der Waals surface area contributed by atoms with E-state index in [1.807, 2.05) is 39.8 Å². The molecule has 0 saturated heterocycles. The van der Waals surface area contributed by atoms with Gasteiger partial charge in [-0.25, -0.2) is 9.59 Å². The van der Waals surface area contributed by atoms with Gasteiger partial charge < -0.3 is 25.5 Å². The molecule has 1 unspecified atom stereocenters. The summed E-state index contributed by atoms with van der Waals surface area (Å²) in [5.74, 6) is -3.65. The van der Waals surface area contributed by atoms with Crippen molar-refractivity contribution in [3.63, 3.8) is 0 Å². The second-order valence-electron chi connectivity index (χ2n) is 6.56. The zero-order valence-electron chi connectivity index (χ0n) is 15.8. The maximum atomic E-state index is 9.77. The zero-order chi connectivity index (χ0) is 21.0. The topological polar surface area (TPSA) is 152 Å². The Morgan fingerprint density at radius 3 is 2.15 bits per heavy atom. The lowest BCUT2D eigenvalue weighted by molar-refractivity contribution is -0.159. The maximum Gasteiger partial charge on any atom is 0.414 e. The highest BCUT2D eigenvalue weighted by Gasteiger charge is 2.12. The summed E-state index contributed by atoms with van der Waals surface area (Å²) < 4.78 is 0. The van der Waals surface area contributed by atoms with Crippen molar-refractivity contribution in [3.05, 3.63) is 35.4 Å². The summed E-state index contributed by atoms with van der Waals surface area (Å²) in [6.07, 6.45) is -0.610. The first kappa shape index (κ1) is 24.0. The van der Waals surface area contributed by atoms with E-state index in [0.717, 1.165) is 5.56 Å². The van der Waals surface area contributed by atoms with Gasteiger partial charge in [-0.3, -0.25) is 0 Å². The Hall–Kier alpha value is -2.96. The number of rotatable bonds is 6. The van der Waals surface area contributed by atoms with Crippen LogP contribution >= 0.6 is 0 Å². The molecule has 0 spiro atoms. The fourth-order valence-electron chi connectivity index (χ4n) is 1.54. The van der Waals surface area contributed by atoms with E-state index in [-0.39, 0.29) is 12.1 Å². The van der Waals surface area contributed by atoms with Crippen LogP contribution in [0.5, 0.6) is 0 Å². The van der Waals surface area contributed by atoms with E-state index in [0.29, 0.717) is 17.8 Å². The number of hydrogen-bond acceptors (Lipinski definition) is 7. The Morgan fingerprint density at radius 1 is 1.22 bits per heavy atom. The molecule has 0 heterocycles. The first-order valence-electron chi connectivity index (χ1n) is 8.02. The molecular formula is C18H25N3O6. The smallest absolute Gasteiger partial charge is 0.414 e. The molecule has 0 radical (unpaired) electrons. The number of benzene rings is 1. The molecule has 0 bridgehead atoms. The molecule has 27 heavy (non-hydrogen) atoms. The molecule has 0 saturated carbocycles. The van der Waals surface area contributed by atoms with E-state index >= 15 is 0 Å². The number of β-amino-alcohol motifs (C(OH)–C–C–N with tert-alkyl or cyclic N) is 1. The molecule has 1 aromatic rings. The standard InChI is InChI=1S/C16H23N3O2.C2H2O4/c1-12(14-7-5-13(9-17)6-8-14)19-21-11-15(20)10-18-16(2,3)4;3-1(4)2(5)6/h5-8,15,18,20H,10-11H2,1-4H3;(H,3,4)(H,5,6)/b19-12+;. The van der Waals surface area contributed by atoms with Crippen LogP contribution in [-0.2, 0) is 14.4 Å². The summed E-state index contributed by atoms with van der Waals surface area (Å²) >= 11 is 0. The number of oxime groups is 1. The van der Waals surface area contributed by atoms with Crippen molar-refractivity contribution < 1.29 is 29.7 Å². The third-order valence-corrected chi connectivity index (χ3v) is 2.95. The van der Waals surface area contributed by atoms with Gasteiger partial charge in [-0.2, -0.15) is 5.26 Å². The first-order valence-corrected chi connectivity index (χ1v) is 8.02. The van der Waals surface area contributed by atoms with Crippen molar-refractivity contribution in [2.45, 2.75) is 39.3 Å². The number of aliphatic hydroxyl groups excluding tert-OH is 1. The van der Waals surface area contributed by atoms with Crippen molar-refractivity contribution in [2.24, 2.45) is 5.16 Å². The van der Waals surface area contributed by atoms with E-state index in [1.54, 1.807) is 12.1 Å². The van der Waals surface area contributed by atoms with Crippen LogP contribution in [0.1, 0.15) is 38.8 Å². The van der Waals surface area contributed by atoms with Crippen LogP contribution in [0.2, 0.25) is 0 Å². The van der Waals surface area contributed by atoms with Gasteiger partial charge in [-0.05, 0) is 45.4 Å². The molecule has 148 valence electrons. The molecule has 0 aromatic heterocycles. The largest absolute Gasteiger partial charge is 0.473 e. The SMILES string of the molecule is C/C(=N\OCC(O)CNC(C)(C)C)c1ccc(C#N)cc1.O=C(O)C(=O)O. The Bertz CT molecular complexity index is 675. The van der Waals surface area contributed by atoms with E-state index in [2.05, 4.69) is 16.5 Å². The van der Waals surface area contributed by atoms with Crippen LogP contribution in [-0.4, -0.2) is 57.8 Å². The van der Waals surface area contributed by atoms with Gasteiger partial charge in [-0.1, -0.05) is 17.3 Å². The summed E-state index contributed by atoms with van der Waals surface area (Å²) in [4.78, 5) is 23.4. The summed E-state index contributed by atoms with van der Waals surface area (Å²) in [5, 5.41) is 40.5. The number of aliphatic hydroxyl groups is 1. The first-order chi connectivity index (χ1) is 12.5. The van der Waals surface area contributed by atoms with Crippen LogP contribution in [0, 0.1) is 11.3 Å². The number of nitrogens with one attached hydrogen (secondary N) is 1. The van der Waals surface area contributed by atoms with Crippen molar-refractivity contribution in [2.75, 3.05) is 13.2 Å². The highest BCUT2D eigenvalue weighted by Crippen LogP contribution is 2.05. The van der Waals surface area contributed by atoms with Gasteiger partial charge in [0.1, 0.15) is 12.7 Å². The molecule has 0 aliphatic rings. The molecule has 9 nitrogen and oxygen atoms in total. The minimum atomic E-state index is -1.82. The van der Waals surface area contributed by atoms with Gasteiger partial charge in [0.2, 0.25) is 0 Å². The van der Waals surface area contributed by atoms with Gasteiger partial charge in [0.05, 0.1) is 17.3 Å². The molecule has 4 N–H and O–H groups in total. The molecule has 1 aromatic carbocycles. The van der Waals surface area contributed by atoms with Gasteiger partial charge in [0.15, 0.2) is 0 Å². The van der Waals surface area contributed by atoms with Crippen LogP contribution in [0.25, 0.3) is 0 Å². The van der Waals surface area contributed by atoms with E-state index in [4.69, 9.17) is 29.9 Å². The lowest BCUT2D eigenvalue weighted by Crippen LogP contribution is -2.42. The fourth-order valence-corrected chi connectivity index (χ4v) is 1.54. The normalized spacial score (nSPS) is 12.2. The fraction of sp³-hybridized carbons (Fsp3) is 0.444. The van der Waals surface area contributed by atoms with Gasteiger partial charge in [0, 0.05) is 12.1 Å². The molecule has 1 atom stereocenters. The maximum absolute atomic E-state index is 9.77. The van der Waals surface area contributed by atoms with E-state index in [1.165, 1.54) is 0 Å². The summed E-state index contributed by atoms with van der Waals surface area (Å²) in [6, 6.07) is 9.17. The number of carbonyl (C=O) groups is 2. The lowest BCUT2D eigenvalue weighted by Gasteiger charge is -2.22. The number of carboxylic acid groups (broad SMARTS) is 2. The molecule has 0 aliphatic heterocycles. The minimum absolute atomic E-state index is 0.0390. The minimum Gasteiger partial charge on any atom is -0.473 e. The Balaban J connectivity index is 0.000000972. The molecule has 0 amide bonds. The van der Waals surface area contributed by atoms with Crippen LogP contribution in [0.4, 0.5) is 0 Å². The predicted octanol–water partition coefficient (Wildman–Crippen LogP) is 1.20. The summed E-state index contributed by atoms with van der Waals surface area (Å²) in [6.45, 7) is 8.52.